The first-order valence-electron chi connectivity index (χ1n) is 8.48. The summed E-state index contributed by atoms with van der Waals surface area (Å²) >= 11 is 1.52. The van der Waals surface area contributed by atoms with Gasteiger partial charge in [-0.15, -0.1) is 11.3 Å². The van der Waals surface area contributed by atoms with E-state index in [1.54, 1.807) is 6.92 Å². The molecule has 26 heavy (non-hydrogen) atoms. The highest BCUT2D eigenvalue weighted by Gasteiger charge is 2.26. The Balaban J connectivity index is 1.63. The van der Waals surface area contributed by atoms with Crippen LogP contribution in [0.1, 0.15) is 27.4 Å². The number of fused-ring (bicyclic) bond motifs is 1. The summed E-state index contributed by atoms with van der Waals surface area (Å²) in [6, 6.07) is 7.97. The molecule has 4 rings (SSSR count). The monoisotopic (exact) mass is 369 g/mol. The van der Waals surface area contributed by atoms with Crippen molar-refractivity contribution in [1.82, 2.24) is 10.1 Å². The first kappa shape index (κ1) is 16.9. The van der Waals surface area contributed by atoms with Gasteiger partial charge in [0.05, 0.1) is 25.2 Å². The Labute approximate surface area is 155 Å². The molecule has 3 aromatic rings. The topological polar surface area (TPSA) is 77.3 Å². The minimum atomic E-state index is -0.0624. The van der Waals surface area contributed by atoms with Gasteiger partial charge in [-0.05, 0) is 31.4 Å². The van der Waals surface area contributed by atoms with Gasteiger partial charge >= 0.3 is 0 Å². The zero-order valence-corrected chi connectivity index (χ0v) is 15.5. The number of hydrogen-bond acceptors (Lipinski definition) is 6. The second-order valence-corrected chi connectivity index (χ2v) is 7.48. The van der Waals surface area contributed by atoms with Gasteiger partial charge < -0.3 is 14.6 Å². The van der Waals surface area contributed by atoms with E-state index in [1.165, 1.54) is 11.3 Å². The number of ether oxygens (including phenoxy) is 1. The Morgan fingerprint density at radius 2 is 2.23 bits per heavy atom. The molecule has 0 fully saturated rings. The molecule has 1 N–H and O–H groups in total. The van der Waals surface area contributed by atoms with Crippen LogP contribution in [0.4, 0.5) is 5.00 Å². The SMILES string of the molecule is Cc1cccc(CC(=O)Nc2sc3c(c2-c2nc(C)no2)CCOC3)c1. The Kier molecular flexibility index (Phi) is 4.57. The number of benzene rings is 1. The summed E-state index contributed by atoms with van der Waals surface area (Å²) < 4.78 is 10.9. The lowest BCUT2D eigenvalue weighted by molar-refractivity contribution is -0.115. The molecule has 0 saturated heterocycles. The lowest BCUT2D eigenvalue weighted by Crippen LogP contribution is -2.14. The number of carbonyl (C=O) groups is 1. The zero-order valence-electron chi connectivity index (χ0n) is 14.7. The molecule has 0 unspecified atom stereocenters. The molecule has 0 atom stereocenters. The van der Waals surface area contributed by atoms with Crippen LogP contribution in [0.15, 0.2) is 28.8 Å². The van der Waals surface area contributed by atoms with E-state index < -0.39 is 0 Å². The third-order valence-corrected chi connectivity index (χ3v) is 5.38. The maximum atomic E-state index is 12.6. The van der Waals surface area contributed by atoms with Gasteiger partial charge in [-0.25, -0.2) is 0 Å². The smallest absolute Gasteiger partial charge is 0.261 e. The summed E-state index contributed by atoms with van der Waals surface area (Å²) in [5, 5.41) is 7.69. The van der Waals surface area contributed by atoms with Gasteiger partial charge in [0.1, 0.15) is 5.00 Å². The summed E-state index contributed by atoms with van der Waals surface area (Å²) in [4.78, 5) is 18.1. The number of anilines is 1. The molecular formula is C19H19N3O3S. The fraction of sp³-hybridized carbons (Fsp3) is 0.316. The maximum absolute atomic E-state index is 12.6. The van der Waals surface area contributed by atoms with Gasteiger partial charge in [0.25, 0.3) is 5.89 Å². The van der Waals surface area contributed by atoms with Crippen molar-refractivity contribution in [3.8, 4) is 11.5 Å². The molecule has 0 saturated carbocycles. The van der Waals surface area contributed by atoms with Crippen LogP contribution < -0.4 is 5.32 Å². The Bertz CT molecular complexity index is 961. The second-order valence-electron chi connectivity index (χ2n) is 6.37. The molecule has 1 amide bonds. The van der Waals surface area contributed by atoms with Crippen molar-refractivity contribution >= 4 is 22.2 Å². The van der Waals surface area contributed by atoms with Crippen LogP contribution in [0.5, 0.6) is 0 Å². The van der Waals surface area contributed by atoms with Crippen LogP contribution in [0.2, 0.25) is 0 Å². The van der Waals surface area contributed by atoms with Gasteiger partial charge in [0, 0.05) is 4.88 Å². The van der Waals surface area contributed by atoms with Crippen molar-refractivity contribution in [3.63, 3.8) is 0 Å². The average Bonchev–Trinajstić information content (AvgIpc) is 3.17. The van der Waals surface area contributed by atoms with Crippen LogP contribution in [-0.4, -0.2) is 22.7 Å². The predicted molar refractivity (Wildman–Crippen MR) is 99.2 cm³/mol. The number of nitrogens with zero attached hydrogens (tertiary/aromatic N) is 2. The Morgan fingerprint density at radius 3 is 3.00 bits per heavy atom. The highest BCUT2D eigenvalue weighted by Crippen LogP contribution is 2.42. The van der Waals surface area contributed by atoms with Crippen molar-refractivity contribution < 1.29 is 14.1 Å². The molecule has 0 bridgehead atoms. The molecule has 134 valence electrons. The van der Waals surface area contributed by atoms with Gasteiger partial charge in [0.2, 0.25) is 5.91 Å². The number of amides is 1. The number of aryl methyl sites for hydroxylation is 2. The van der Waals surface area contributed by atoms with Gasteiger partial charge in [-0.2, -0.15) is 4.98 Å². The summed E-state index contributed by atoms with van der Waals surface area (Å²) in [6.45, 7) is 5.00. The molecule has 1 aliphatic rings. The summed E-state index contributed by atoms with van der Waals surface area (Å²) in [6.07, 6.45) is 1.10. The summed E-state index contributed by atoms with van der Waals surface area (Å²) in [7, 11) is 0. The second kappa shape index (κ2) is 7.01. The predicted octanol–water partition coefficient (Wildman–Crippen LogP) is 3.67. The largest absolute Gasteiger partial charge is 0.376 e. The van der Waals surface area contributed by atoms with E-state index in [4.69, 9.17) is 9.26 Å². The van der Waals surface area contributed by atoms with Crippen LogP contribution in [0.3, 0.4) is 0 Å². The molecule has 1 aliphatic heterocycles. The van der Waals surface area contributed by atoms with Crippen molar-refractivity contribution in [2.24, 2.45) is 0 Å². The maximum Gasteiger partial charge on any atom is 0.261 e. The summed E-state index contributed by atoms with van der Waals surface area (Å²) in [5.41, 5.74) is 4.10. The number of thiophene rings is 1. The molecule has 1 aromatic carbocycles. The number of hydrogen-bond donors (Lipinski definition) is 1. The van der Waals surface area contributed by atoms with E-state index in [-0.39, 0.29) is 5.91 Å². The normalized spacial score (nSPS) is 13.5. The fourth-order valence-corrected chi connectivity index (χ4v) is 4.32. The zero-order chi connectivity index (χ0) is 18.1. The minimum absolute atomic E-state index is 0.0624. The van der Waals surface area contributed by atoms with Crippen molar-refractivity contribution in [2.45, 2.75) is 33.3 Å². The lowest BCUT2D eigenvalue weighted by atomic mass is 10.1. The number of carbonyl (C=O) groups excluding carboxylic acids is 1. The average molecular weight is 369 g/mol. The van der Waals surface area contributed by atoms with Crippen molar-refractivity contribution in [2.75, 3.05) is 11.9 Å². The molecule has 7 heteroatoms. The van der Waals surface area contributed by atoms with E-state index in [0.717, 1.165) is 38.6 Å². The van der Waals surface area contributed by atoms with Gasteiger partial charge in [-0.1, -0.05) is 35.0 Å². The molecule has 3 heterocycles. The lowest BCUT2D eigenvalue weighted by Gasteiger charge is -2.12. The quantitative estimate of drug-likeness (QED) is 0.759. The molecular weight excluding hydrogens is 350 g/mol. The van der Waals surface area contributed by atoms with Crippen molar-refractivity contribution in [3.05, 3.63) is 51.7 Å². The minimum Gasteiger partial charge on any atom is -0.376 e. The van der Waals surface area contributed by atoms with Crippen LogP contribution in [0.25, 0.3) is 11.5 Å². The highest BCUT2D eigenvalue weighted by molar-refractivity contribution is 7.17. The van der Waals surface area contributed by atoms with Crippen molar-refractivity contribution in [1.29, 1.82) is 0 Å². The number of nitrogens with one attached hydrogen (secondary N) is 1. The Morgan fingerprint density at radius 1 is 1.35 bits per heavy atom. The van der Waals surface area contributed by atoms with E-state index in [2.05, 4.69) is 15.5 Å². The summed E-state index contributed by atoms with van der Waals surface area (Å²) in [5.74, 6) is 0.962. The fourth-order valence-electron chi connectivity index (χ4n) is 3.12. The van der Waals surface area contributed by atoms with Gasteiger partial charge in [0.15, 0.2) is 5.82 Å². The first-order valence-corrected chi connectivity index (χ1v) is 9.30. The molecule has 6 nitrogen and oxygen atoms in total. The standard InChI is InChI=1S/C19H19N3O3S/c1-11-4-3-5-13(8-11)9-16(23)21-19-17(18-20-12(2)22-25-18)14-6-7-24-10-15(14)26-19/h3-5,8H,6-7,9-10H2,1-2H3,(H,21,23). The molecule has 0 spiro atoms. The molecule has 0 aliphatic carbocycles. The number of rotatable bonds is 4. The highest BCUT2D eigenvalue weighted by atomic mass is 32.1. The van der Waals surface area contributed by atoms with E-state index >= 15 is 0 Å². The molecule has 0 radical (unpaired) electrons. The van der Waals surface area contributed by atoms with Gasteiger partial charge in [-0.3, -0.25) is 4.79 Å². The van der Waals surface area contributed by atoms with E-state index in [9.17, 15) is 4.79 Å². The van der Waals surface area contributed by atoms with E-state index in [1.807, 2.05) is 31.2 Å². The Hall–Kier alpha value is -2.51. The molecule has 2 aromatic heterocycles. The van der Waals surface area contributed by atoms with Crippen LogP contribution in [0, 0.1) is 13.8 Å². The van der Waals surface area contributed by atoms with Crippen LogP contribution >= 0.6 is 11.3 Å². The van der Waals surface area contributed by atoms with E-state index in [0.29, 0.717) is 31.3 Å². The van der Waals surface area contributed by atoms with Crippen LogP contribution in [-0.2, 0) is 29.0 Å². The third-order valence-electron chi connectivity index (χ3n) is 4.26. The number of aromatic nitrogens is 2. The first-order chi connectivity index (χ1) is 12.6. The third kappa shape index (κ3) is 3.40.